The molecule has 4 bridgehead atoms. The highest BCUT2D eigenvalue weighted by Gasteiger charge is 2.49. The van der Waals surface area contributed by atoms with E-state index in [9.17, 15) is 33.9 Å². The molecule has 24 heteroatoms. The Labute approximate surface area is 695 Å². The average molecular weight is 1670 g/mol. The highest BCUT2D eigenvalue weighted by Crippen LogP contribution is 2.60. The number of likely N-dealkylation sites (tertiary alicyclic amines) is 1. The number of nitrogens with zero attached hydrogens (tertiary/aromatic N) is 6. The first-order chi connectivity index (χ1) is 55.2. The number of fused-ring (bicyclic) bond motifs is 10. The van der Waals surface area contributed by atoms with Crippen molar-refractivity contribution >= 4 is 109 Å². The predicted octanol–water partition coefficient (Wildman–Crippen LogP) is 17.9. The molecule has 22 nitrogen and oxygen atoms in total. The number of rotatable bonds is 13. The highest BCUT2D eigenvalue weighted by molar-refractivity contribution is 9.10. The zero-order valence-electron chi connectivity index (χ0n) is 70.3. The molecule has 2 aromatic heterocycles. The molecule has 2 saturated heterocycles. The summed E-state index contributed by atoms with van der Waals surface area (Å²) in [6, 6.07) is 55.3. The minimum Gasteiger partial charge on any atom is -0.493 e. The van der Waals surface area contributed by atoms with Crippen molar-refractivity contribution in [2.24, 2.45) is 21.7 Å². The molecule has 3 aliphatic rings. The van der Waals surface area contributed by atoms with Gasteiger partial charge in [-0.2, -0.15) is 0 Å². The number of nitrogens with one attached hydrogen (secondary N) is 2. The predicted molar refractivity (Wildman–Crippen MR) is 464 cm³/mol. The van der Waals surface area contributed by atoms with Crippen molar-refractivity contribution in [1.29, 1.82) is 0 Å². The fourth-order valence-corrected chi connectivity index (χ4v) is 19.8. The number of cyclic esters (lactones) is 1. The van der Waals surface area contributed by atoms with Gasteiger partial charge in [0.15, 0.2) is 0 Å². The molecule has 618 valence electrons. The van der Waals surface area contributed by atoms with Gasteiger partial charge in [-0.15, -0.1) is 0 Å². The SMILES string of the molecule is CC(C)(C)P(c1ccc2ccccc2c1-c1cccc2ccccc12)C(C)(C)C.COC(=O)[C@@H]1C[C@@H](Oc2nc3ccccc3nc2-c2cccc(Br)c2)CN1C(=O)[C@@H](NC(=O)OCC(C)(C)CCO)C(C)(C)C.COC(=O)[C@@H]1C[C@@H]2CN1C(=O)[C@H](C(C)(C)C)NC(=O)OCC(C)(C)COc1cccc(c1)-c1nc3ccccc3nc1O2. The summed E-state index contributed by atoms with van der Waals surface area (Å²) in [4.78, 5) is 102. The number of halogens is 1. The van der Waals surface area contributed by atoms with Crippen molar-refractivity contribution in [3.8, 4) is 51.2 Å². The maximum atomic E-state index is 14.1. The van der Waals surface area contributed by atoms with Gasteiger partial charge in [0, 0.05) is 45.9 Å². The maximum absolute atomic E-state index is 14.1. The molecule has 2 fully saturated rings. The van der Waals surface area contributed by atoms with Crippen molar-refractivity contribution < 1.29 is 67.0 Å². The van der Waals surface area contributed by atoms with Crippen LogP contribution in [0.1, 0.15) is 130 Å². The van der Waals surface area contributed by atoms with Crippen LogP contribution < -0.4 is 30.1 Å². The summed E-state index contributed by atoms with van der Waals surface area (Å²) in [5.41, 5.74) is 5.57. The lowest BCUT2D eigenvalue weighted by atomic mass is 9.85. The quantitative estimate of drug-likeness (QED) is 0.0550. The van der Waals surface area contributed by atoms with Gasteiger partial charge in [0.2, 0.25) is 23.6 Å². The van der Waals surface area contributed by atoms with E-state index in [2.05, 4.69) is 147 Å². The molecule has 117 heavy (non-hydrogen) atoms. The minimum absolute atomic E-state index is 0.0383. The van der Waals surface area contributed by atoms with Gasteiger partial charge in [-0.3, -0.25) is 9.59 Å². The van der Waals surface area contributed by atoms with E-state index in [4.69, 9.17) is 53.1 Å². The summed E-state index contributed by atoms with van der Waals surface area (Å²) in [6.45, 7) is 33.4. The molecule has 5 heterocycles. The molecule has 0 aliphatic carbocycles. The van der Waals surface area contributed by atoms with Gasteiger partial charge in [0.25, 0.3) is 0 Å². The van der Waals surface area contributed by atoms with Crippen LogP contribution in [-0.4, -0.2) is 171 Å². The normalized spacial score (nSPS) is 18.2. The first-order valence-corrected chi connectivity index (χ1v) is 41.8. The van der Waals surface area contributed by atoms with Crippen LogP contribution in [0.15, 0.2) is 180 Å². The third-order valence-electron chi connectivity index (χ3n) is 20.8. The van der Waals surface area contributed by atoms with Crippen LogP contribution >= 0.6 is 23.9 Å². The Bertz CT molecular complexity index is 5260. The van der Waals surface area contributed by atoms with Crippen molar-refractivity contribution in [3.05, 3.63) is 180 Å². The number of carbonyl (C=O) groups excluding carboxylic acids is 6. The fraction of sp³-hybridized carbons (Fsp3) is 0.419. The summed E-state index contributed by atoms with van der Waals surface area (Å²) in [7, 11) is 2.14. The number of aliphatic hydroxyl groups excluding tert-OH is 1. The van der Waals surface area contributed by atoms with E-state index in [-0.39, 0.29) is 74.4 Å². The van der Waals surface area contributed by atoms with Crippen LogP contribution in [0.4, 0.5) is 9.59 Å². The zero-order valence-corrected chi connectivity index (χ0v) is 72.8. The van der Waals surface area contributed by atoms with Crippen LogP contribution in [0.3, 0.4) is 0 Å². The molecule has 3 aliphatic heterocycles. The van der Waals surface area contributed by atoms with Crippen LogP contribution in [0.5, 0.6) is 17.5 Å². The molecule has 4 amide bonds. The molecule has 6 atom stereocenters. The van der Waals surface area contributed by atoms with E-state index in [0.717, 1.165) is 15.6 Å². The summed E-state index contributed by atoms with van der Waals surface area (Å²) in [5.74, 6) is -0.916. The lowest BCUT2D eigenvalue weighted by Crippen LogP contribution is -2.57. The van der Waals surface area contributed by atoms with Gasteiger partial charge >= 0.3 is 24.1 Å². The summed E-state index contributed by atoms with van der Waals surface area (Å²) < 4.78 is 41.0. The second-order valence-electron chi connectivity index (χ2n) is 35.8. The van der Waals surface area contributed by atoms with Crippen molar-refractivity contribution in [3.63, 3.8) is 0 Å². The first-order valence-electron chi connectivity index (χ1n) is 39.6. The van der Waals surface area contributed by atoms with E-state index >= 15 is 0 Å². The van der Waals surface area contributed by atoms with Gasteiger partial charge in [0.05, 0.1) is 62.6 Å². The van der Waals surface area contributed by atoms with E-state index in [1.165, 1.54) is 62.0 Å². The van der Waals surface area contributed by atoms with Gasteiger partial charge in [-0.1, -0.05) is 262 Å². The molecule has 0 spiro atoms. The number of hydrogen-bond acceptors (Lipinski definition) is 18. The lowest BCUT2D eigenvalue weighted by Gasteiger charge is -2.43. The third-order valence-corrected chi connectivity index (χ3v) is 24.8. The molecule has 3 N–H and O–H groups in total. The van der Waals surface area contributed by atoms with Gasteiger partial charge in [-0.25, -0.2) is 39.1 Å². The van der Waals surface area contributed by atoms with Crippen LogP contribution in [0, 0.1) is 21.7 Å². The number of aromatic nitrogens is 4. The molecule has 0 unspecified atom stereocenters. The third kappa shape index (κ3) is 21.3. The van der Waals surface area contributed by atoms with E-state index in [1.54, 1.807) is 0 Å². The Morgan fingerprint density at radius 1 is 0.632 bits per heavy atom. The summed E-state index contributed by atoms with van der Waals surface area (Å²) in [6.07, 6.45) is -1.95. The molecule has 13 rings (SSSR count). The monoisotopic (exact) mass is 1670 g/mol. The molecule has 8 aromatic carbocycles. The van der Waals surface area contributed by atoms with Crippen LogP contribution in [-0.2, 0) is 38.1 Å². The number of ether oxygens (including phenoxy) is 7. The highest BCUT2D eigenvalue weighted by atomic mass is 79.9. The smallest absolute Gasteiger partial charge is 0.407 e. The fourth-order valence-electron chi connectivity index (χ4n) is 15.2. The number of hydrogen-bond donors (Lipinski definition) is 3. The largest absolute Gasteiger partial charge is 0.493 e. The van der Waals surface area contributed by atoms with Crippen molar-refractivity contribution in [1.82, 2.24) is 40.4 Å². The zero-order chi connectivity index (χ0) is 84.7. The Kier molecular flexibility index (Phi) is 27.1. The molecule has 0 saturated carbocycles. The number of amides is 4. The second-order valence-corrected chi connectivity index (χ2v) is 40.5. The number of aliphatic hydroxyl groups is 1. The molecular weight excluding hydrogens is 1560 g/mol. The van der Waals surface area contributed by atoms with E-state index in [0.29, 0.717) is 45.6 Å². The number of esters is 2. The maximum Gasteiger partial charge on any atom is 0.407 e. The van der Waals surface area contributed by atoms with E-state index in [1.807, 2.05) is 166 Å². The first kappa shape index (κ1) is 87.5. The topological polar surface area (TPSA) is 269 Å². The number of para-hydroxylation sites is 4. The van der Waals surface area contributed by atoms with Gasteiger partial charge in [0.1, 0.15) is 60.1 Å². The van der Waals surface area contributed by atoms with Crippen LogP contribution in [0.2, 0.25) is 0 Å². The minimum atomic E-state index is -1.02. The van der Waals surface area contributed by atoms with Gasteiger partial charge in [-0.05, 0) is 114 Å². The Hall–Kier alpha value is -10.4. The standard InChI is InChI=1S/C33H41BrN4O7.C32H38N4O7.C28H31P/c1-32(2,3)27(37-31(42)44-19-33(4,5)14-15-39)29(40)38-18-22(17-25(38)30(41)43-6)45-28-26(20-10-9-11-21(34)16-20)35-23-12-7-8-13-24(23)36-28;1-31(2,3)26-28(37)36-16-21(15-24(36)29(38)40-6)43-27-25(33-22-12-7-8-13-23(22)34-27)19-10-9-11-20(14-19)41-17-32(4,5)18-42-30(39)35-26;1-27(2,3)29(28(4,5)6)25-19-18-21-13-8-10-16-23(21)26(25)24-17-11-14-20-12-7-9-15-22(20)24/h7-13,16,22,25,27,39H,14-15,17-19H2,1-6H3,(H,37,42);7-14,21,24,26H,15-18H2,1-6H3,(H,35,39);7-19H,1-6H3/t22-,25+,27-;21-,24+,26-;/m11./s1. The van der Waals surface area contributed by atoms with Crippen molar-refractivity contribution in [2.75, 3.05) is 53.7 Å². The summed E-state index contributed by atoms with van der Waals surface area (Å²) in [5, 5.41) is 22.0. The second kappa shape index (κ2) is 36.3. The molecule has 0 radical (unpaired) electrons. The lowest BCUT2D eigenvalue weighted by molar-refractivity contribution is -0.152. The average Bonchev–Trinajstić information content (AvgIpc) is 1.48. The number of alkyl carbamates (subject to hydrolysis) is 2. The van der Waals surface area contributed by atoms with Crippen molar-refractivity contribution in [2.45, 2.75) is 177 Å². The number of benzene rings is 8. The molecule has 10 aromatic rings. The van der Waals surface area contributed by atoms with Crippen LogP contribution in [0.25, 0.3) is 77.3 Å². The number of carbonyl (C=O) groups is 6. The summed E-state index contributed by atoms with van der Waals surface area (Å²) >= 11 is 3.52. The Balaban J connectivity index is 0.000000176. The Morgan fingerprint density at radius 3 is 1.80 bits per heavy atom. The van der Waals surface area contributed by atoms with E-state index < -0.39 is 102 Å². The molecular formula is C93H110BrN8O14P. The Morgan fingerprint density at radius 2 is 1.19 bits per heavy atom. The van der Waals surface area contributed by atoms with Gasteiger partial charge < -0.3 is 58.7 Å². The number of methoxy groups -OCH3 is 2.